The van der Waals surface area contributed by atoms with E-state index in [1.54, 1.807) is 26.1 Å². The molecule has 1 heterocycles. The summed E-state index contributed by atoms with van der Waals surface area (Å²) in [5.74, 6) is -0.533. The zero-order valence-electron chi connectivity index (χ0n) is 10.8. The van der Waals surface area contributed by atoms with Crippen molar-refractivity contribution in [2.75, 3.05) is 5.32 Å². The molecule has 1 aromatic heterocycles. The first-order valence-corrected chi connectivity index (χ1v) is 7.45. The summed E-state index contributed by atoms with van der Waals surface area (Å²) in [6.07, 6.45) is 0.720. The number of benzene rings is 1. The van der Waals surface area contributed by atoms with E-state index in [0.29, 0.717) is 10.6 Å². The predicted molar refractivity (Wildman–Crippen MR) is 80.4 cm³/mol. The summed E-state index contributed by atoms with van der Waals surface area (Å²) in [6.45, 7) is 3.44. The fourth-order valence-electron chi connectivity index (χ4n) is 1.49. The van der Waals surface area contributed by atoms with Crippen LogP contribution in [-0.2, 0) is 4.74 Å². The second-order valence-corrected chi connectivity index (χ2v) is 6.65. The second kappa shape index (κ2) is 6.32. The fraction of sp³-hybridized carbons (Fsp3) is 0.231. The Bertz CT molecular complexity index is 631. The smallest absolute Gasteiger partial charge is 0.411 e. The average molecular weight is 359 g/mol. The van der Waals surface area contributed by atoms with E-state index >= 15 is 0 Å². The minimum absolute atomic E-state index is 0.0787. The van der Waals surface area contributed by atoms with Crippen molar-refractivity contribution >= 4 is 39.0 Å². The van der Waals surface area contributed by atoms with Crippen LogP contribution in [0.1, 0.15) is 13.8 Å². The maximum atomic E-state index is 13.9. The summed E-state index contributed by atoms with van der Waals surface area (Å²) >= 11 is 4.71. The predicted octanol–water partition coefficient (Wildman–Crippen LogP) is 4.67. The molecule has 2 rings (SSSR count). The Hall–Kier alpha value is -1.47. The third-order valence-corrected chi connectivity index (χ3v) is 3.80. The van der Waals surface area contributed by atoms with E-state index in [1.165, 1.54) is 23.5 Å². The number of nitrogens with one attached hydrogen (secondary N) is 1. The van der Waals surface area contributed by atoms with Crippen LogP contribution in [0.2, 0.25) is 0 Å². The van der Waals surface area contributed by atoms with Crippen LogP contribution in [0.3, 0.4) is 0 Å². The Morgan fingerprint density at radius 1 is 1.50 bits per heavy atom. The standard InChI is InChI=1S/C13H12BrFN2O2S/c1-7(2)19-13(18)17-10-4-3-8(5-9(10)15)12-16-6-11(14)20-12/h3-7H,1-2H3,(H,17,18). The number of hydrogen-bond acceptors (Lipinski definition) is 4. The van der Waals surface area contributed by atoms with Gasteiger partial charge in [-0.3, -0.25) is 5.32 Å². The summed E-state index contributed by atoms with van der Waals surface area (Å²) in [7, 11) is 0. The number of anilines is 1. The van der Waals surface area contributed by atoms with Gasteiger partial charge in [0.2, 0.25) is 0 Å². The number of nitrogens with zero attached hydrogens (tertiary/aromatic N) is 1. The van der Waals surface area contributed by atoms with Gasteiger partial charge in [0.25, 0.3) is 0 Å². The molecule has 0 unspecified atom stereocenters. The van der Waals surface area contributed by atoms with Crippen molar-refractivity contribution in [3.8, 4) is 10.6 Å². The summed E-state index contributed by atoms with van der Waals surface area (Å²) in [5.41, 5.74) is 0.732. The number of carbonyl (C=O) groups is 1. The highest BCUT2D eigenvalue weighted by molar-refractivity contribution is 9.11. The van der Waals surface area contributed by atoms with Crippen LogP contribution in [-0.4, -0.2) is 17.2 Å². The quantitative estimate of drug-likeness (QED) is 0.867. The molecule has 0 saturated heterocycles. The van der Waals surface area contributed by atoms with Crippen LogP contribution in [0.15, 0.2) is 28.2 Å². The van der Waals surface area contributed by atoms with Gasteiger partial charge in [-0.1, -0.05) is 0 Å². The van der Waals surface area contributed by atoms with E-state index < -0.39 is 11.9 Å². The lowest BCUT2D eigenvalue weighted by molar-refractivity contribution is 0.130. The normalized spacial score (nSPS) is 10.7. The number of ether oxygens (including phenoxy) is 1. The molecule has 0 atom stereocenters. The molecule has 0 aliphatic rings. The zero-order chi connectivity index (χ0) is 14.7. The van der Waals surface area contributed by atoms with Gasteiger partial charge in [0.05, 0.1) is 21.8 Å². The number of rotatable bonds is 3. The molecule has 1 aromatic carbocycles. The van der Waals surface area contributed by atoms with Crippen LogP contribution >= 0.6 is 27.3 Å². The van der Waals surface area contributed by atoms with Gasteiger partial charge in [-0.25, -0.2) is 14.2 Å². The van der Waals surface area contributed by atoms with Gasteiger partial charge in [0.15, 0.2) is 0 Å². The molecule has 2 aromatic rings. The first-order chi connectivity index (χ1) is 9.45. The van der Waals surface area contributed by atoms with Crippen molar-refractivity contribution in [1.29, 1.82) is 0 Å². The van der Waals surface area contributed by atoms with Crippen LogP contribution in [0.25, 0.3) is 10.6 Å². The third-order valence-electron chi connectivity index (χ3n) is 2.27. The molecule has 0 saturated carbocycles. The molecule has 0 spiro atoms. The van der Waals surface area contributed by atoms with Gasteiger partial charge in [-0.05, 0) is 48.0 Å². The number of thiazole rings is 1. The SMILES string of the molecule is CC(C)OC(=O)Nc1ccc(-c2ncc(Br)s2)cc1F. The van der Waals surface area contributed by atoms with Gasteiger partial charge >= 0.3 is 6.09 Å². The van der Waals surface area contributed by atoms with E-state index in [4.69, 9.17) is 4.74 Å². The summed E-state index contributed by atoms with van der Waals surface area (Å²) in [5, 5.41) is 3.06. The zero-order valence-corrected chi connectivity index (χ0v) is 13.2. The molecule has 1 N–H and O–H groups in total. The average Bonchev–Trinajstić information content (AvgIpc) is 2.77. The highest BCUT2D eigenvalue weighted by atomic mass is 79.9. The molecule has 0 radical (unpaired) electrons. The Morgan fingerprint density at radius 2 is 2.25 bits per heavy atom. The molecule has 1 amide bonds. The Labute approximate surface area is 128 Å². The number of amides is 1. The highest BCUT2D eigenvalue weighted by Crippen LogP contribution is 2.30. The van der Waals surface area contributed by atoms with Gasteiger partial charge in [-0.2, -0.15) is 0 Å². The first-order valence-electron chi connectivity index (χ1n) is 5.84. The molecule has 7 heteroatoms. The van der Waals surface area contributed by atoms with E-state index in [-0.39, 0.29) is 11.8 Å². The molecule has 20 heavy (non-hydrogen) atoms. The Morgan fingerprint density at radius 3 is 2.80 bits per heavy atom. The van der Waals surface area contributed by atoms with Crippen molar-refractivity contribution < 1.29 is 13.9 Å². The van der Waals surface area contributed by atoms with Crippen LogP contribution in [0.5, 0.6) is 0 Å². The molecular formula is C13H12BrFN2O2S. The van der Waals surface area contributed by atoms with E-state index in [2.05, 4.69) is 26.2 Å². The minimum atomic E-state index is -0.677. The van der Waals surface area contributed by atoms with E-state index in [1.807, 2.05) is 0 Å². The highest BCUT2D eigenvalue weighted by Gasteiger charge is 2.11. The van der Waals surface area contributed by atoms with Crippen molar-refractivity contribution in [2.45, 2.75) is 20.0 Å². The number of carbonyl (C=O) groups excluding carboxylic acids is 1. The summed E-state index contributed by atoms with van der Waals surface area (Å²) in [4.78, 5) is 15.6. The molecule has 0 aliphatic heterocycles. The molecule has 0 bridgehead atoms. The van der Waals surface area contributed by atoms with E-state index in [0.717, 1.165) is 3.79 Å². The van der Waals surface area contributed by atoms with Crippen molar-refractivity contribution in [2.24, 2.45) is 0 Å². The monoisotopic (exact) mass is 358 g/mol. The van der Waals surface area contributed by atoms with E-state index in [9.17, 15) is 9.18 Å². The van der Waals surface area contributed by atoms with Gasteiger partial charge in [-0.15, -0.1) is 11.3 Å². The van der Waals surface area contributed by atoms with Crippen molar-refractivity contribution in [3.05, 3.63) is 34.0 Å². The number of halogens is 2. The van der Waals surface area contributed by atoms with Crippen LogP contribution in [0.4, 0.5) is 14.9 Å². The largest absolute Gasteiger partial charge is 0.447 e. The third kappa shape index (κ3) is 3.77. The van der Waals surface area contributed by atoms with Gasteiger partial charge < -0.3 is 4.74 Å². The van der Waals surface area contributed by atoms with Crippen molar-refractivity contribution in [3.63, 3.8) is 0 Å². The maximum Gasteiger partial charge on any atom is 0.411 e. The van der Waals surface area contributed by atoms with Gasteiger partial charge in [0.1, 0.15) is 10.8 Å². The molecule has 0 fully saturated rings. The summed E-state index contributed by atoms with van der Waals surface area (Å²) < 4.78 is 19.7. The lowest BCUT2D eigenvalue weighted by Crippen LogP contribution is -2.18. The molecular weight excluding hydrogens is 347 g/mol. The molecule has 0 aliphatic carbocycles. The van der Waals surface area contributed by atoms with Gasteiger partial charge in [0, 0.05) is 5.56 Å². The lowest BCUT2D eigenvalue weighted by Gasteiger charge is -2.10. The molecule has 4 nitrogen and oxygen atoms in total. The van der Waals surface area contributed by atoms with Crippen LogP contribution < -0.4 is 5.32 Å². The lowest BCUT2D eigenvalue weighted by atomic mass is 10.2. The topological polar surface area (TPSA) is 51.2 Å². The maximum absolute atomic E-state index is 13.9. The first kappa shape index (κ1) is 14.9. The number of hydrogen-bond donors (Lipinski definition) is 1. The second-order valence-electron chi connectivity index (χ2n) is 4.24. The Balaban J connectivity index is 2.16. The van der Waals surface area contributed by atoms with Crippen LogP contribution in [0, 0.1) is 5.82 Å². The number of aromatic nitrogens is 1. The Kier molecular flexibility index (Phi) is 4.72. The van der Waals surface area contributed by atoms with Crippen molar-refractivity contribution in [1.82, 2.24) is 4.98 Å². The minimum Gasteiger partial charge on any atom is -0.447 e. The summed E-state index contributed by atoms with van der Waals surface area (Å²) in [6, 6.07) is 4.51. The fourth-order valence-corrected chi connectivity index (χ4v) is 2.69. The molecule has 106 valence electrons.